The van der Waals surface area contributed by atoms with Crippen LogP contribution in [0.4, 0.5) is 4.79 Å². The lowest BCUT2D eigenvalue weighted by Crippen LogP contribution is -2.40. The summed E-state index contributed by atoms with van der Waals surface area (Å²) in [6.45, 7) is 8.51. The number of hydrogen-bond acceptors (Lipinski definition) is 3. The Bertz CT molecular complexity index is 646. The number of likely N-dealkylation sites (tertiary alicyclic amines) is 1. The van der Waals surface area contributed by atoms with Gasteiger partial charge in [0.15, 0.2) is 5.78 Å². The van der Waals surface area contributed by atoms with Crippen LogP contribution in [0.5, 0.6) is 0 Å². The zero-order valence-corrected chi connectivity index (χ0v) is 16.3. The largest absolute Gasteiger partial charge is 0.444 e. The zero-order chi connectivity index (χ0) is 17.9. The Morgan fingerprint density at radius 1 is 1.04 bits per heavy atom. The van der Waals surface area contributed by atoms with Crippen LogP contribution in [0.1, 0.15) is 56.5 Å². The number of benzene rings is 1. The lowest BCUT2D eigenvalue weighted by Gasteiger charge is -2.31. The van der Waals surface area contributed by atoms with Gasteiger partial charge in [-0.15, -0.1) is 0 Å². The highest BCUT2D eigenvalue weighted by Gasteiger charge is 2.25. The van der Waals surface area contributed by atoms with Crippen molar-refractivity contribution in [1.82, 2.24) is 4.90 Å². The molecular formula is C19H24BrNO3. The summed E-state index contributed by atoms with van der Waals surface area (Å²) in [7, 11) is 0. The van der Waals surface area contributed by atoms with Crippen LogP contribution >= 0.6 is 15.9 Å². The summed E-state index contributed by atoms with van der Waals surface area (Å²) in [6.07, 6.45) is 1.38. The van der Waals surface area contributed by atoms with E-state index in [1.807, 2.05) is 45.0 Å². The number of carbonyl (C=O) groups excluding carboxylic acids is 2. The molecule has 1 aliphatic rings. The minimum Gasteiger partial charge on any atom is -0.444 e. The number of piperidine rings is 1. The first-order chi connectivity index (χ1) is 11.2. The number of ether oxygens (including phenoxy) is 1. The van der Waals surface area contributed by atoms with Gasteiger partial charge in [0.2, 0.25) is 0 Å². The van der Waals surface area contributed by atoms with Crippen molar-refractivity contribution in [3.05, 3.63) is 41.0 Å². The molecule has 0 radical (unpaired) electrons. The molecule has 0 unspecified atom stereocenters. The second-order valence-electron chi connectivity index (χ2n) is 7.02. The third kappa shape index (κ3) is 4.94. The van der Waals surface area contributed by atoms with Crippen LogP contribution in [-0.2, 0) is 4.74 Å². The summed E-state index contributed by atoms with van der Waals surface area (Å²) < 4.78 is 6.48. The monoisotopic (exact) mass is 393 g/mol. The molecule has 1 heterocycles. The van der Waals surface area contributed by atoms with E-state index in [-0.39, 0.29) is 11.9 Å². The smallest absolute Gasteiger partial charge is 0.410 e. The Hall–Kier alpha value is -1.62. The van der Waals surface area contributed by atoms with Crippen LogP contribution in [0.3, 0.4) is 0 Å². The van der Waals surface area contributed by atoms with E-state index < -0.39 is 5.60 Å². The van der Waals surface area contributed by atoms with Gasteiger partial charge >= 0.3 is 6.09 Å². The van der Waals surface area contributed by atoms with Gasteiger partial charge in [0, 0.05) is 23.1 Å². The number of rotatable bonds is 2. The highest BCUT2D eigenvalue weighted by atomic mass is 79.9. The SMILES string of the molecule is CC(=O)c1ccc(C(Br)=C2CCN(C(=O)OC(C)(C)C)CC2)cc1. The van der Waals surface area contributed by atoms with Crippen molar-refractivity contribution in [1.29, 1.82) is 0 Å². The fraction of sp³-hybridized carbons (Fsp3) is 0.474. The van der Waals surface area contributed by atoms with E-state index in [1.165, 1.54) is 5.57 Å². The maximum Gasteiger partial charge on any atom is 0.410 e. The standard InChI is InChI=1S/C19H24BrNO3/c1-13(22)14-5-7-15(8-6-14)17(20)16-9-11-21(12-10-16)18(23)24-19(2,3)4/h5-8H,9-12H2,1-4H3. The summed E-state index contributed by atoms with van der Waals surface area (Å²) in [5.74, 6) is 0.0657. The van der Waals surface area contributed by atoms with Crippen molar-refractivity contribution in [3.8, 4) is 0 Å². The normalized spacial score (nSPS) is 15.2. The molecule has 1 fully saturated rings. The van der Waals surface area contributed by atoms with Crippen molar-refractivity contribution < 1.29 is 14.3 Å². The Morgan fingerprint density at radius 3 is 2.00 bits per heavy atom. The van der Waals surface area contributed by atoms with Crippen LogP contribution in [0.25, 0.3) is 4.48 Å². The van der Waals surface area contributed by atoms with Gasteiger partial charge in [0.05, 0.1) is 0 Å². The van der Waals surface area contributed by atoms with Crippen LogP contribution in [0, 0.1) is 0 Å². The molecule has 0 spiro atoms. The number of hydrogen-bond donors (Lipinski definition) is 0. The Morgan fingerprint density at radius 2 is 1.54 bits per heavy atom. The second kappa shape index (κ2) is 7.51. The minimum absolute atomic E-state index is 0.0657. The van der Waals surface area contributed by atoms with E-state index >= 15 is 0 Å². The average Bonchev–Trinajstić information content (AvgIpc) is 2.53. The molecular weight excluding hydrogens is 370 g/mol. The molecule has 4 nitrogen and oxygen atoms in total. The molecule has 1 amide bonds. The van der Waals surface area contributed by atoms with E-state index in [9.17, 15) is 9.59 Å². The van der Waals surface area contributed by atoms with E-state index in [4.69, 9.17) is 4.74 Å². The number of Topliss-reactive ketones (excluding diaryl/α,β-unsaturated/α-hetero) is 1. The molecule has 130 valence electrons. The first-order valence-electron chi connectivity index (χ1n) is 8.14. The van der Waals surface area contributed by atoms with Crippen LogP contribution in [-0.4, -0.2) is 35.5 Å². The van der Waals surface area contributed by atoms with Crippen molar-refractivity contribution >= 4 is 32.3 Å². The molecule has 1 aromatic carbocycles. The quantitative estimate of drug-likeness (QED) is 0.662. The molecule has 1 saturated heterocycles. The lowest BCUT2D eigenvalue weighted by atomic mass is 10.00. The molecule has 0 saturated carbocycles. The summed E-state index contributed by atoms with van der Waals surface area (Å²) >= 11 is 3.67. The van der Waals surface area contributed by atoms with Gasteiger partial charge in [-0.1, -0.05) is 45.8 Å². The topological polar surface area (TPSA) is 46.6 Å². The average molecular weight is 394 g/mol. The third-order valence-electron chi connectivity index (χ3n) is 3.87. The van der Waals surface area contributed by atoms with Gasteiger partial charge in [-0.05, 0) is 46.1 Å². The van der Waals surface area contributed by atoms with Gasteiger partial charge in [0.25, 0.3) is 0 Å². The van der Waals surface area contributed by atoms with Crippen molar-refractivity contribution in [3.63, 3.8) is 0 Å². The fourth-order valence-corrected chi connectivity index (χ4v) is 3.22. The predicted octanol–water partition coefficient (Wildman–Crippen LogP) is 5.03. The fourth-order valence-electron chi connectivity index (χ4n) is 2.56. The molecule has 1 aliphatic heterocycles. The molecule has 0 N–H and O–H groups in total. The van der Waals surface area contributed by atoms with Crippen LogP contribution in [0.15, 0.2) is 29.8 Å². The number of halogens is 1. The Balaban J connectivity index is 2.03. The molecule has 2 rings (SSSR count). The van der Waals surface area contributed by atoms with Crippen molar-refractivity contribution in [2.24, 2.45) is 0 Å². The van der Waals surface area contributed by atoms with Gasteiger partial charge in [-0.25, -0.2) is 4.79 Å². The van der Waals surface area contributed by atoms with Gasteiger partial charge in [-0.2, -0.15) is 0 Å². The summed E-state index contributed by atoms with van der Waals surface area (Å²) in [5.41, 5.74) is 2.58. The summed E-state index contributed by atoms with van der Waals surface area (Å²) in [5, 5.41) is 0. The van der Waals surface area contributed by atoms with Crippen LogP contribution < -0.4 is 0 Å². The van der Waals surface area contributed by atoms with Gasteiger partial charge in [0.1, 0.15) is 5.60 Å². The van der Waals surface area contributed by atoms with Crippen molar-refractivity contribution in [2.75, 3.05) is 13.1 Å². The highest BCUT2D eigenvalue weighted by molar-refractivity contribution is 9.15. The molecule has 0 atom stereocenters. The number of carbonyl (C=O) groups is 2. The van der Waals surface area contributed by atoms with Crippen molar-refractivity contribution in [2.45, 2.75) is 46.1 Å². The molecule has 1 aromatic rings. The molecule has 24 heavy (non-hydrogen) atoms. The Kier molecular flexibility index (Phi) is 5.86. The maximum atomic E-state index is 12.1. The maximum absolute atomic E-state index is 12.1. The van der Waals surface area contributed by atoms with Gasteiger partial charge < -0.3 is 9.64 Å². The number of nitrogens with zero attached hydrogens (tertiary/aromatic N) is 1. The molecule has 0 bridgehead atoms. The lowest BCUT2D eigenvalue weighted by molar-refractivity contribution is 0.0236. The van der Waals surface area contributed by atoms with E-state index in [2.05, 4.69) is 15.9 Å². The minimum atomic E-state index is -0.466. The molecule has 0 aliphatic carbocycles. The Labute approximate surface area is 152 Å². The first-order valence-corrected chi connectivity index (χ1v) is 8.93. The second-order valence-corrected chi connectivity index (χ2v) is 7.81. The zero-order valence-electron chi connectivity index (χ0n) is 14.7. The van der Waals surface area contributed by atoms with Crippen LogP contribution in [0.2, 0.25) is 0 Å². The first kappa shape index (κ1) is 18.7. The summed E-state index contributed by atoms with van der Waals surface area (Å²) in [4.78, 5) is 25.2. The third-order valence-corrected chi connectivity index (χ3v) is 4.89. The van der Waals surface area contributed by atoms with Gasteiger partial charge in [-0.3, -0.25) is 4.79 Å². The predicted molar refractivity (Wildman–Crippen MR) is 99.3 cm³/mol. The number of amides is 1. The van der Waals surface area contributed by atoms with E-state index in [0.717, 1.165) is 22.9 Å². The van der Waals surface area contributed by atoms with E-state index in [0.29, 0.717) is 18.7 Å². The highest BCUT2D eigenvalue weighted by Crippen LogP contribution is 2.31. The van der Waals surface area contributed by atoms with E-state index in [1.54, 1.807) is 11.8 Å². The molecule has 0 aromatic heterocycles. The molecule has 5 heteroatoms. The summed E-state index contributed by atoms with van der Waals surface area (Å²) in [6, 6.07) is 7.59. The number of ketones is 1.